The van der Waals surface area contributed by atoms with Gasteiger partial charge in [0.15, 0.2) is 11.5 Å². The Bertz CT molecular complexity index is 949. The Labute approximate surface area is 155 Å². The lowest BCUT2D eigenvalue weighted by Gasteiger charge is -2.11. The van der Waals surface area contributed by atoms with E-state index in [4.69, 9.17) is 26.2 Å². The van der Waals surface area contributed by atoms with Gasteiger partial charge in [-0.05, 0) is 42.3 Å². The van der Waals surface area contributed by atoms with Gasteiger partial charge in [-0.3, -0.25) is 0 Å². The third kappa shape index (κ3) is 3.52. The molecule has 7 heteroatoms. The zero-order chi connectivity index (χ0) is 17.9. The number of ether oxygens (including phenoxy) is 2. The molecular weight excluding hydrogens is 354 g/mol. The zero-order valence-corrected chi connectivity index (χ0v) is 14.8. The minimum atomic E-state index is 0.113. The highest BCUT2D eigenvalue weighted by molar-refractivity contribution is 6.31. The summed E-state index contributed by atoms with van der Waals surface area (Å²) in [7, 11) is 0. The number of hydrogen-bond acceptors (Lipinski definition) is 6. The molecule has 4 rings (SSSR count). The second kappa shape index (κ2) is 7.35. The van der Waals surface area contributed by atoms with Gasteiger partial charge in [-0.1, -0.05) is 17.7 Å². The van der Waals surface area contributed by atoms with Gasteiger partial charge in [-0.25, -0.2) is 9.97 Å². The predicted molar refractivity (Wildman–Crippen MR) is 99.8 cm³/mol. The van der Waals surface area contributed by atoms with E-state index in [-0.39, 0.29) is 13.4 Å². The van der Waals surface area contributed by atoms with E-state index in [0.717, 1.165) is 33.8 Å². The quantitative estimate of drug-likeness (QED) is 0.690. The van der Waals surface area contributed by atoms with Crippen LogP contribution in [0.2, 0.25) is 5.02 Å². The molecule has 6 nitrogen and oxygen atoms in total. The molecule has 0 saturated carbocycles. The minimum Gasteiger partial charge on any atom is -0.454 e. The molecule has 1 aliphatic heterocycles. The number of anilines is 1. The van der Waals surface area contributed by atoms with E-state index in [2.05, 4.69) is 15.3 Å². The molecule has 26 heavy (non-hydrogen) atoms. The fraction of sp³-hybridized carbons (Fsp3) is 0.263. The third-order valence-electron chi connectivity index (χ3n) is 4.16. The topological polar surface area (TPSA) is 76.5 Å². The number of rotatable bonds is 6. The van der Waals surface area contributed by atoms with Crippen molar-refractivity contribution < 1.29 is 14.6 Å². The molecule has 0 bridgehead atoms. The number of benzene rings is 2. The molecule has 0 amide bonds. The summed E-state index contributed by atoms with van der Waals surface area (Å²) in [5, 5.41) is 13.9. The van der Waals surface area contributed by atoms with Gasteiger partial charge in [0.1, 0.15) is 11.6 Å². The maximum atomic E-state index is 9.06. The van der Waals surface area contributed by atoms with Crippen molar-refractivity contribution in [3.63, 3.8) is 0 Å². The molecule has 0 unspecified atom stereocenters. The first-order chi connectivity index (χ1) is 12.7. The fourth-order valence-electron chi connectivity index (χ4n) is 2.87. The Morgan fingerprint density at radius 1 is 1.08 bits per heavy atom. The van der Waals surface area contributed by atoms with Crippen LogP contribution in [0.4, 0.5) is 5.82 Å². The Balaban J connectivity index is 1.62. The van der Waals surface area contributed by atoms with Gasteiger partial charge in [-0.15, -0.1) is 0 Å². The maximum Gasteiger partial charge on any atom is 0.231 e. The van der Waals surface area contributed by atoms with Crippen molar-refractivity contribution in [3.8, 4) is 11.5 Å². The summed E-state index contributed by atoms with van der Waals surface area (Å²) in [4.78, 5) is 9.18. The average molecular weight is 372 g/mol. The second-order valence-corrected chi connectivity index (χ2v) is 6.45. The van der Waals surface area contributed by atoms with Crippen LogP contribution in [0.5, 0.6) is 11.5 Å². The van der Waals surface area contributed by atoms with Gasteiger partial charge < -0.3 is 19.9 Å². The lowest BCUT2D eigenvalue weighted by atomic mass is 10.2. The van der Waals surface area contributed by atoms with E-state index >= 15 is 0 Å². The van der Waals surface area contributed by atoms with E-state index in [1.165, 1.54) is 0 Å². The van der Waals surface area contributed by atoms with E-state index in [0.29, 0.717) is 30.2 Å². The van der Waals surface area contributed by atoms with Crippen molar-refractivity contribution in [3.05, 3.63) is 52.8 Å². The molecule has 1 aromatic heterocycles. The van der Waals surface area contributed by atoms with E-state index in [9.17, 15) is 0 Å². The van der Waals surface area contributed by atoms with E-state index in [1.807, 2.05) is 36.4 Å². The number of aliphatic hydroxyl groups is 1. The van der Waals surface area contributed by atoms with Crippen LogP contribution in [0.15, 0.2) is 36.4 Å². The lowest BCUT2D eigenvalue weighted by molar-refractivity contribution is 0.174. The smallest absolute Gasteiger partial charge is 0.231 e. The van der Waals surface area contributed by atoms with Crippen LogP contribution in [0.1, 0.15) is 17.8 Å². The number of aromatic nitrogens is 2. The summed E-state index contributed by atoms with van der Waals surface area (Å²) >= 11 is 6.15. The largest absolute Gasteiger partial charge is 0.454 e. The molecular formula is C19H18ClN3O3. The molecule has 0 fully saturated rings. The number of aliphatic hydroxyl groups excluding tert-OH is 1. The van der Waals surface area contributed by atoms with Gasteiger partial charge in [0.05, 0.1) is 5.52 Å². The Morgan fingerprint density at radius 2 is 1.96 bits per heavy atom. The number of nitrogens with zero attached hydrogens (tertiary/aromatic N) is 2. The molecule has 0 aliphatic carbocycles. The highest BCUT2D eigenvalue weighted by atomic mass is 35.5. The van der Waals surface area contributed by atoms with Crippen molar-refractivity contribution in [1.29, 1.82) is 0 Å². The Kier molecular flexibility index (Phi) is 4.77. The molecule has 0 radical (unpaired) electrons. The highest BCUT2D eigenvalue weighted by Gasteiger charge is 2.14. The number of hydrogen-bond donors (Lipinski definition) is 2. The molecule has 0 atom stereocenters. The molecule has 2 aromatic carbocycles. The van der Waals surface area contributed by atoms with Gasteiger partial charge in [0.25, 0.3) is 0 Å². The summed E-state index contributed by atoms with van der Waals surface area (Å²) in [5.41, 5.74) is 1.88. The Morgan fingerprint density at radius 3 is 2.85 bits per heavy atom. The monoisotopic (exact) mass is 371 g/mol. The van der Waals surface area contributed by atoms with Crippen molar-refractivity contribution in [2.75, 3.05) is 18.7 Å². The first-order valence-electron chi connectivity index (χ1n) is 8.42. The van der Waals surface area contributed by atoms with Crippen LogP contribution in [0.25, 0.3) is 10.9 Å². The number of nitrogens with one attached hydrogen (secondary N) is 1. The minimum absolute atomic E-state index is 0.113. The fourth-order valence-corrected chi connectivity index (χ4v) is 3.04. The van der Waals surface area contributed by atoms with Crippen LogP contribution < -0.4 is 14.8 Å². The van der Waals surface area contributed by atoms with E-state index < -0.39 is 0 Å². The lowest BCUT2D eigenvalue weighted by Crippen LogP contribution is -2.06. The van der Waals surface area contributed by atoms with Crippen molar-refractivity contribution in [1.82, 2.24) is 9.97 Å². The van der Waals surface area contributed by atoms with Gasteiger partial charge >= 0.3 is 0 Å². The normalized spacial score (nSPS) is 12.5. The molecule has 0 spiro atoms. The van der Waals surface area contributed by atoms with Crippen LogP contribution in [-0.2, 0) is 13.0 Å². The maximum absolute atomic E-state index is 9.06. The molecule has 1 aliphatic rings. The SMILES string of the molecule is OCCCc1nc(NCc2ccc3c(c2)OCO3)c2cc(Cl)ccc2n1. The van der Waals surface area contributed by atoms with Crippen LogP contribution in [-0.4, -0.2) is 28.5 Å². The third-order valence-corrected chi connectivity index (χ3v) is 4.39. The van der Waals surface area contributed by atoms with Crippen LogP contribution in [0.3, 0.4) is 0 Å². The van der Waals surface area contributed by atoms with Crippen LogP contribution >= 0.6 is 11.6 Å². The molecule has 2 heterocycles. The highest BCUT2D eigenvalue weighted by Crippen LogP contribution is 2.33. The first kappa shape index (κ1) is 16.9. The molecule has 134 valence electrons. The van der Waals surface area contributed by atoms with Gasteiger partial charge in [-0.2, -0.15) is 0 Å². The summed E-state index contributed by atoms with van der Waals surface area (Å²) in [6.07, 6.45) is 1.24. The number of aryl methyl sites for hydroxylation is 1. The summed E-state index contributed by atoms with van der Waals surface area (Å²) in [6.45, 7) is 0.951. The van der Waals surface area contributed by atoms with Crippen molar-refractivity contribution in [2.24, 2.45) is 0 Å². The summed E-state index contributed by atoms with van der Waals surface area (Å²) in [5.74, 6) is 2.94. The van der Waals surface area contributed by atoms with Gasteiger partial charge in [0.2, 0.25) is 6.79 Å². The second-order valence-electron chi connectivity index (χ2n) is 6.02. The van der Waals surface area contributed by atoms with Crippen molar-refractivity contribution >= 4 is 28.3 Å². The molecule has 0 saturated heterocycles. The number of halogens is 1. The summed E-state index contributed by atoms with van der Waals surface area (Å²) < 4.78 is 10.8. The predicted octanol–water partition coefficient (Wildman–Crippen LogP) is 3.55. The zero-order valence-electron chi connectivity index (χ0n) is 14.0. The van der Waals surface area contributed by atoms with Crippen LogP contribution in [0, 0.1) is 0 Å². The Hall–Kier alpha value is -2.57. The molecule has 3 aromatic rings. The van der Waals surface area contributed by atoms with Crippen molar-refractivity contribution in [2.45, 2.75) is 19.4 Å². The van der Waals surface area contributed by atoms with Gasteiger partial charge in [0, 0.05) is 30.0 Å². The molecule has 2 N–H and O–H groups in total. The first-order valence-corrected chi connectivity index (χ1v) is 8.80. The summed E-state index contributed by atoms with van der Waals surface area (Å²) in [6, 6.07) is 11.4. The standard InChI is InChI=1S/C19H18ClN3O3/c20-13-4-5-15-14(9-13)19(23-18(22-15)2-1-7-24)21-10-12-3-6-16-17(8-12)26-11-25-16/h3-6,8-9,24H,1-2,7,10-11H2,(H,21,22,23). The average Bonchev–Trinajstić information content (AvgIpc) is 3.12. The number of fused-ring (bicyclic) bond motifs is 2. The van der Waals surface area contributed by atoms with E-state index in [1.54, 1.807) is 0 Å².